The third kappa shape index (κ3) is 3.12. The van der Waals surface area contributed by atoms with Crippen molar-refractivity contribution in [1.29, 1.82) is 0 Å². The van der Waals surface area contributed by atoms with Gasteiger partial charge in [0, 0.05) is 17.7 Å². The van der Waals surface area contributed by atoms with Gasteiger partial charge >= 0.3 is 0 Å². The van der Waals surface area contributed by atoms with E-state index in [1.807, 2.05) is 13.8 Å². The molecule has 0 radical (unpaired) electrons. The largest absolute Gasteiger partial charge is 0.508 e. The average molecular weight is 422 g/mol. The van der Waals surface area contributed by atoms with Gasteiger partial charge in [-0.15, -0.1) is 0 Å². The van der Waals surface area contributed by atoms with Crippen LogP contribution in [0.2, 0.25) is 0 Å². The van der Waals surface area contributed by atoms with Crippen molar-refractivity contribution in [3.8, 4) is 34.3 Å². The van der Waals surface area contributed by atoms with Crippen molar-refractivity contribution >= 4 is 11.0 Å². The summed E-state index contributed by atoms with van der Waals surface area (Å²) in [4.78, 5) is 13.7. The fourth-order valence-corrected chi connectivity index (χ4v) is 4.59. The van der Waals surface area contributed by atoms with Crippen molar-refractivity contribution in [3.05, 3.63) is 45.6 Å². The first-order chi connectivity index (χ1) is 14.6. The smallest absolute Gasteiger partial charge is 0.204 e. The van der Waals surface area contributed by atoms with Gasteiger partial charge in [-0.25, -0.2) is 0 Å². The van der Waals surface area contributed by atoms with Crippen LogP contribution in [0.1, 0.15) is 57.8 Å². The number of aromatic hydroxyl groups is 2. The van der Waals surface area contributed by atoms with Gasteiger partial charge in [-0.2, -0.15) is 0 Å². The molecule has 5 rings (SSSR count). The molecular formula is C25H26O6. The van der Waals surface area contributed by atoms with Gasteiger partial charge in [0.25, 0.3) is 0 Å². The molecule has 0 aliphatic carbocycles. The van der Waals surface area contributed by atoms with Crippen molar-refractivity contribution in [3.63, 3.8) is 0 Å². The Morgan fingerprint density at radius 2 is 1.94 bits per heavy atom. The summed E-state index contributed by atoms with van der Waals surface area (Å²) in [6.07, 6.45) is 1.51. The summed E-state index contributed by atoms with van der Waals surface area (Å²) in [5.41, 5.74) is 1.53. The van der Waals surface area contributed by atoms with Gasteiger partial charge in [-0.3, -0.25) is 4.79 Å². The Kier molecular flexibility index (Phi) is 4.26. The predicted molar refractivity (Wildman–Crippen MR) is 117 cm³/mol. The number of hydrogen-bond donors (Lipinski definition) is 2. The maximum atomic E-state index is 13.7. The van der Waals surface area contributed by atoms with Crippen LogP contribution in [0.3, 0.4) is 0 Å². The molecule has 0 amide bonds. The third-order valence-electron chi connectivity index (χ3n) is 6.09. The lowest BCUT2D eigenvalue weighted by molar-refractivity contribution is 0.0846. The summed E-state index contributed by atoms with van der Waals surface area (Å²) in [5, 5.41) is 20.9. The Bertz CT molecular complexity index is 1270. The summed E-state index contributed by atoms with van der Waals surface area (Å²) < 4.78 is 18.6. The van der Waals surface area contributed by atoms with Crippen LogP contribution >= 0.6 is 0 Å². The molecule has 2 N–H and O–H groups in total. The zero-order chi connectivity index (χ0) is 22.1. The third-order valence-corrected chi connectivity index (χ3v) is 6.09. The van der Waals surface area contributed by atoms with Crippen LogP contribution in [0.5, 0.6) is 23.0 Å². The van der Waals surface area contributed by atoms with Crippen LogP contribution in [0, 0.1) is 5.92 Å². The van der Waals surface area contributed by atoms with E-state index in [0.29, 0.717) is 46.8 Å². The van der Waals surface area contributed by atoms with Gasteiger partial charge in [0.15, 0.2) is 0 Å². The highest BCUT2D eigenvalue weighted by atomic mass is 16.5. The molecule has 1 aromatic heterocycles. The summed E-state index contributed by atoms with van der Waals surface area (Å²) in [5.74, 6) is 1.65. The quantitative estimate of drug-likeness (QED) is 0.570. The Morgan fingerprint density at radius 3 is 2.68 bits per heavy atom. The molecule has 2 aliphatic heterocycles. The number of fused-ring (bicyclic) bond motifs is 6. The summed E-state index contributed by atoms with van der Waals surface area (Å²) >= 11 is 0. The van der Waals surface area contributed by atoms with Crippen LogP contribution in [0.25, 0.3) is 22.3 Å². The topological polar surface area (TPSA) is 89.1 Å². The number of ether oxygens (including phenoxy) is 2. The van der Waals surface area contributed by atoms with E-state index in [-0.39, 0.29) is 33.8 Å². The van der Waals surface area contributed by atoms with E-state index in [0.717, 1.165) is 12.0 Å². The van der Waals surface area contributed by atoms with Crippen LogP contribution in [-0.2, 0) is 6.42 Å². The molecule has 6 nitrogen and oxygen atoms in total. The minimum atomic E-state index is -0.532. The van der Waals surface area contributed by atoms with Gasteiger partial charge in [0.1, 0.15) is 51.4 Å². The van der Waals surface area contributed by atoms with Crippen LogP contribution in [-0.4, -0.2) is 15.8 Å². The first kappa shape index (κ1) is 19.8. The molecule has 0 spiro atoms. The highest BCUT2D eigenvalue weighted by Crippen LogP contribution is 2.48. The second-order valence-corrected chi connectivity index (χ2v) is 9.53. The molecule has 3 aromatic rings. The standard InChI is InChI=1S/C25H26O6/c1-12(2)9-19-21-22(28)20-16(27)11-18-15(7-8-25(3,4)31-18)23(20)30-24(21)14-6-5-13(26)10-17(14)29-19/h5-6,10-12,19,26-27H,7-9H2,1-4H3/t19-/m0/s1. The molecule has 0 fully saturated rings. The maximum Gasteiger partial charge on any atom is 0.204 e. The van der Waals surface area contributed by atoms with Gasteiger partial charge in [0.05, 0.1) is 11.1 Å². The maximum absolute atomic E-state index is 13.7. The molecule has 0 saturated heterocycles. The fourth-order valence-electron chi connectivity index (χ4n) is 4.59. The second kappa shape index (κ2) is 6.67. The lowest BCUT2D eigenvalue weighted by Crippen LogP contribution is -2.33. The van der Waals surface area contributed by atoms with Gasteiger partial charge in [0.2, 0.25) is 5.43 Å². The first-order valence-corrected chi connectivity index (χ1v) is 10.7. The van der Waals surface area contributed by atoms with Gasteiger partial charge in [-0.1, -0.05) is 13.8 Å². The van der Waals surface area contributed by atoms with Gasteiger partial charge in [-0.05, 0) is 51.2 Å². The summed E-state index contributed by atoms with van der Waals surface area (Å²) in [6, 6.07) is 6.30. The minimum Gasteiger partial charge on any atom is -0.508 e. The SMILES string of the molecule is CC(C)C[C@@H]1Oc2cc(O)ccc2-c2oc3c4c(cc(O)c3c(=O)c21)OC(C)(C)CC4. The van der Waals surface area contributed by atoms with E-state index >= 15 is 0 Å². The Morgan fingerprint density at radius 1 is 1.16 bits per heavy atom. The van der Waals surface area contributed by atoms with Crippen LogP contribution in [0.15, 0.2) is 33.5 Å². The monoisotopic (exact) mass is 422 g/mol. The van der Waals surface area contributed by atoms with E-state index in [1.165, 1.54) is 6.07 Å². The zero-order valence-electron chi connectivity index (χ0n) is 18.1. The number of aryl methyl sites for hydroxylation is 1. The van der Waals surface area contributed by atoms with Gasteiger partial charge < -0.3 is 24.1 Å². The summed E-state index contributed by atoms with van der Waals surface area (Å²) in [6.45, 7) is 8.10. The normalized spacial score (nSPS) is 18.7. The van der Waals surface area contributed by atoms with E-state index < -0.39 is 6.10 Å². The lowest BCUT2D eigenvalue weighted by atomic mass is 9.89. The van der Waals surface area contributed by atoms with Crippen molar-refractivity contribution in [2.45, 2.75) is 58.7 Å². The number of rotatable bonds is 2. The van der Waals surface area contributed by atoms with E-state index in [4.69, 9.17) is 13.9 Å². The number of phenols is 2. The Labute approximate surface area is 180 Å². The highest BCUT2D eigenvalue weighted by molar-refractivity contribution is 5.91. The number of phenolic OH excluding ortho intramolecular Hbond substituents is 2. The molecule has 0 saturated carbocycles. The average Bonchev–Trinajstić information content (AvgIpc) is 2.65. The lowest BCUT2D eigenvalue weighted by Gasteiger charge is -2.33. The van der Waals surface area contributed by atoms with E-state index in [2.05, 4.69) is 13.8 Å². The molecule has 0 bridgehead atoms. The molecule has 162 valence electrons. The van der Waals surface area contributed by atoms with Crippen LogP contribution in [0.4, 0.5) is 0 Å². The fraction of sp³-hybridized carbons (Fsp3) is 0.400. The second-order valence-electron chi connectivity index (χ2n) is 9.53. The molecule has 3 heterocycles. The van der Waals surface area contributed by atoms with Crippen molar-refractivity contribution in [2.24, 2.45) is 5.92 Å². The molecule has 0 unspecified atom stereocenters. The zero-order valence-corrected chi connectivity index (χ0v) is 18.1. The Hall–Kier alpha value is -3.15. The molecule has 2 aliphatic rings. The van der Waals surface area contributed by atoms with Crippen molar-refractivity contribution in [1.82, 2.24) is 0 Å². The highest BCUT2D eigenvalue weighted by Gasteiger charge is 2.36. The van der Waals surface area contributed by atoms with Crippen molar-refractivity contribution < 1.29 is 24.1 Å². The number of hydrogen-bond acceptors (Lipinski definition) is 6. The number of benzene rings is 2. The van der Waals surface area contributed by atoms with Crippen LogP contribution < -0.4 is 14.9 Å². The first-order valence-electron chi connectivity index (χ1n) is 10.7. The predicted octanol–water partition coefficient (Wildman–Crippen LogP) is 5.45. The molecule has 31 heavy (non-hydrogen) atoms. The van der Waals surface area contributed by atoms with Crippen molar-refractivity contribution in [2.75, 3.05) is 0 Å². The Balaban J connectivity index is 1.84. The molecule has 1 atom stereocenters. The molecule has 6 heteroatoms. The van der Waals surface area contributed by atoms with E-state index in [1.54, 1.807) is 18.2 Å². The molecular weight excluding hydrogens is 396 g/mol. The van der Waals surface area contributed by atoms with E-state index in [9.17, 15) is 15.0 Å². The summed E-state index contributed by atoms with van der Waals surface area (Å²) in [7, 11) is 0. The minimum absolute atomic E-state index is 0.0827. The molecule has 2 aromatic carbocycles.